The van der Waals surface area contributed by atoms with Crippen LogP contribution in [0.15, 0.2) is 61.1 Å². The van der Waals surface area contributed by atoms with E-state index in [1.165, 1.54) is 16.6 Å². The highest BCUT2D eigenvalue weighted by Gasteiger charge is 2.27. The number of rotatable bonds is 6. The fourth-order valence-electron chi connectivity index (χ4n) is 4.55. The minimum Gasteiger partial charge on any atom is -0.381 e. The van der Waals surface area contributed by atoms with Crippen LogP contribution < -0.4 is 5.32 Å². The summed E-state index contributed by atoms with van der Waals surface area (Å²) in [5, 5.41) is 4.19. The van der Waals surface area contributed by atoms with E-state index in [9.17, 15) is 12.8 Å². The Bertz CT molecular complexity index is 1410. The first-order valence-electron chi connectivity index (χ1n) is 11.2. The van der Waals surface area contributed by atoms with Crippen molar-refractivity contribution in [2.45, 2.75) is 25.3 Å². The van der Waals surface area contributed by atoms with E-state index in [-0.39, 0.29) is 11.7 Å². The molecule has 7 nitrogen and oxygen atoms in total. The van der Waals surface area contributed by atoms with Crippen LogP contribution in [-0.4, -0.2) is 47.0 Å². The highest BCUT2D eigenvalue weighted by Crippen LogP contribution is 2.35. The van der Waals surface area contributed by atoms with E-state index in [0.717, 1.165) is 40.7 Å². The van der Waals surface area contributed by atoms with E-state index < -0.39 is 10.0 Å². The van der Waals surface area contributed by atoms with Gasteiger partial charge in [-0.3, -0.25) is 4.98 Å². The van der Waals surface area contributed by atoms with Gasteiger partial charge in [0.1, 0.15) is 11.5 Å². The van der Waals surface area contributed by atoms with E-state index in [1.807, 2.05) is 30.3 Å². The van der Waals surface area contributed by atoms with Gasteiger partial charge in [-0.2, -0.15) is 0 Å². The third-order valence-electron chi connectivity index (χ3n) is 6.39. The molecule has 1 aliphatic rings. The Kier molecular flexibility index (Phi) is 6.05. The first-order valence-corrected chi connectivity index (χ1v) is 13.1. The van der Waals surface area contributed by atoms with E-state index in [1.54, 1.807) is 24.7 Å². The molecule has 0 unspecified atom stereocenters. The van der Waals surface area contributed by atoms with Crippen molar-refractivity contribution in [3.8, 4) is 11.1 Å². The molecule has 0 spiro atoms. The normalized spacial score (nSPS) is 15.6. The lowest BCUT2D eigenvalue weighted by Gasteiger charge is -2.29. The fraction of sp³-hybridized carbons (Fsp3) is 0.280. The van der Waals surface area contributed by atoms with E-state index in [0.29, 0.717) is 30.8 Å². The van der Waals surface area contributed by atoms with Gasteiger partial charge in [0.2, 0.25) is 10.0 Å². The molecule has 176 valence electrons. The number of hydrogen-bond acceptors (Lipinski definition) is 5. The van der Waals surface area contributed by atoms with Crippen LogP contribution in [0.1, 0.15) is 30.0 Å². The highest BCUT2D eigenvalue weighted by atomic mass is 32.2. The first-order chi connectivity index (χ1) is 16.4. The Labute approximate surface area is 198 Å². The Morgan fingerprint density at radius 3 is 2.68 bits per heavy atom. The van der Waals surface area contributed by atoms with Crippen LogP contribution in [0.3, 0.4) is 0 Å². The van der Waals surface area contributed by atoms with Gasteiger partial charge >= 0.3 is 0 Å². The van der Waals surface area contributed by atoms with Crippen molar-refractivity contribution >= 4 is 26.7 Å². The number of anilines is 1. The number of halogens is 1. The molecule has 34 heavy (non-hydrogen) atoms. The Balaban J connectivity index is 1.41. The largest absolute Gasteiger partial charge is 0.381 e. The number of pyridine rings is 2. The standard InChI is InChI=1S/C25H26FN5O2S/c1-34(32,33)31-11-7-18(8-12-31)24-14-22-20(6-10-28-25(22)30-24)21-13-19(4-5-23(21)26)29-16-17-3-2-9-27-15-17/h2-6,9-10,13-15,18,29H,7-8,11-12,16H2,1H3,(H,28,30). The Morgan fingerprint density at radius 2 is 1.94 bits per heavy atom. The number of fused-ring (bicyclic) bond motifs is 1. The quantitative estimate of drug-likeness (QED) is 0.425. The summed E-state index contributed by atoms with van der Waals surface area (Å²) in [4.78, 5) is 12.0. The van der Waals surface area contributed by atoms with Gasteiger partial charge in [0, 0.05) is 66.5 Å². The molecule has 0 saturated carbocycles. The number of nitrogens with zero attached hydrogens (tertiary/aromatic N) is 3. The zero-order valence-corrected chi connectivity index (χ0v) is 19.6. The zero-order chi connectivity index (χ0) is 23.7. The minimum absolute atomic E-state index is 0.206. The predicted molar refractivity (Wildman–Crippen MR) is 131 cm³/mol. The summed E-state index contributed by atoms with van der Waals surface area (Å²) in [6, 6.07) is 12.8. The van der Waals surface area contributed by atoms with Crippen LogP contribution in [0.5, 0.6) is 0 Å². The molecule has 3 aromatic heterocycles. The van der Waals surface area contributed by atoms with Crippen molar-refractivity contribution in [1.82, 2.24) is 19.3 Å². The maximum absolute atomic E-state index is 14.9. The molecule has 2 N–H and O–H groups in total. The number of hydrogen-bond donors (Lipinski definition) is 2. The second kappa shape index (κ2) is 9.15. The highest BCUT2D eigenvalue weighted by molar-refractivity contribution is 7.88. The smallest absolute Gasteiger partial charge is 0.211 e. The molecule has 1 fully saturated rings. The van der Waals surface area contributed by atoms with Crippen molar-refractivity contribution in [1.29, 1.82) is 0 Å². The number of nitrogens with one attached hydrogen (secondary N) is 2. The zero-order valence-electron chi connectivity index (χ0n) is 18.8. The second-order valence-electron chi connectivity index (χ2n) is 8.69. The maximum atomic E-state index is 14.9. The number of piperidine rings is 1. The van der Waals surface area contributed by atoms with Gasteiger partial charge in [0.15, 0.2) is 0 Å². The lowest BCUT2D eigenvalue weighted by molar-refractivity contribution is 0.319. The van der Waals surface area contributed by atoms with Crippen LogP contribution >= 0.6 is 0 Å². The van der Waals surface area contributed by atoms with Gasteiger partial charge < -0.3 is 10.3 Å². The van der Waals surface area contributed by atoms with E-state index in [4.69, 9.17) is 0 Å². The van der Waals surface area contributed by atoms with Gasteiger partial charge in [-0.15, -0.1) is 0 Å². The summed E-state index contributed by atoms with van der Waals surface area (Å²) in [6.07, 6.45) is 7.93. The van der Waals surface area contributed by atoms with Crippen molar-refractivity contribution in [3.05, 3.63) is 78.1 Å². The Morgan fingerprint density at radius 1 is 1.12 bits per heavy atom. The monoisotopic (exact) mass is 479 g/mol. The fourth-order valence-corrected chi connectivity index (χ4v) is 5.42. The SMILES string of the molecule is CS(=O)(=O)N1CCC(c2cc3c(-c4cc(NCc5cccnc5)ccc4F)ccnc3[nH]2)CC1. The predicted octanol–water partition coefficient (Wildman–Crippen LogP) is 4.52. The molecule has 1 aliphatic heterocycles. The average Bonchev–Trinajstić information content (AvgIpc) is 3.28. The van der Waals surface area contributed by atoms with Gasteiger partial charge in [-0.05, 0) is 60.4 Å². The van der Waals surface area contributed by atoms with Crippen LogP contribution in [0.25, 0.3) is 22.2 Å². The third-order valence-corrected chi connectivity index (χ3v) is 7.69. The average molecular weight is 480 g/mol. The van der Waals surface area contributed by atoms with Crippen LogP contribution in [0.4, 0.5) is 10.1 Å². The Hall–Kier alpha value is -3.30. The van der Waals surface area contributed by atoms with E-state index >= 15 is 0 Å². The number of sulfonamides is 1. The molecular weight excluding hydrogens is 453 g/mol. The lowest BCUT2D eigenvalue weighted by Crippen LogP contribution is -2.37. The minimum atomic E-state index is -3.17. The lowest BCUT2D eigenvalue weighted by atomic mass is 9.94. The van der Waals surface area contributed by atoms with Crippen molar-refractivity contribution < 1.29 is 12.8 Å². The summed E-state index contributed by atoms with van der Waals surface area (Å²) in [5.41, 5.74) is 4.83. The van der Waals surface area contributed by atoms with Crippen LogP contribution in [0, 0.1) is 5.82 Å². The second-order valence-corrected chi connectivity index (χ2v) is 10.7. The molecule has 1 saturated heterocycles. The number of benzene rings is 1. The number of aromatic nitrogens is 3. The number of aromatic amines is 1. The molecule has 0 radical (unpaired) electrons. The third kappa shape index (κ3) is 4.67. The maximum Gasteiger partial charge on any atom is 0.211 e. The molecule has 9 heteroatoms. The van der Waals surface area contributed by atoms with Crippen molar-refractivity contribution in [3.63, 3.8) is 0 Å². The molecule has 5 rings (SSSR count). The molecule has 4 heterocycles. The van der Waals surface area contributed by atoms with Gasteiger partial charge in [0.05, 0.1) is 6.26 Å². The number of H-pyrrole nitrogens is 1. The van der Waals surface area contributed by atoms with Crippen molar-refractivity contribution in [2.75, 3.05) is 24.7 Å². The molecular formula is C25H26FN5O2S. The van der Waals surface area contributed by atoms with Gasteiger partial charge in [-0.1, -0.05) is 6.07 Å². The summed E-state index contributed by atoms with van der Waals surface area (Å²) < 4.78 is 40.1. The topological polar surface area (TPSA) is 91.0 Å². The molecule has 0 aliphatic carbocycles. The summed E-state index contributed by atoms with van der Waals surface area (Å²) in [7, 11) is -3.17. The molecule has 0 bridgehead atoms. The molecule has 0 amide bonds. The van der Waals surface area contributed by atoms with Crippen molar-refractivity contribution in [2.24, 2.45) is 0 Å². The molecule has 4 aromatic rings. The molecule has 1 aromatic carbocycles. The summed E-state index contributed by atoms with van der Waals surface area (Å²) in [5.74, 6) is -0.0963. The van der Waals surface area contributed by atoms with Gasteiger partial charge in [0.25, 0.3) is 0 Å². The van der Waals surface area contributed by atoms with Crippen LogP contribution in [0.2, 0.25) is 0 Å². The van der Waals surface area contributed by atoms with Gasteiger partial charge in [-0.25, -0.2) is 22.1 Å². The van der Waals surface area contributed by atoms with Crippen LogP contribution in [-0.2, 0) is 16.6 Å². The first kappa shape index (κ1) is 22.5. The summed E-state index contributed by atoms with van der Waals surface area (Å²) >= 11 is 0. The molecule has 0 atom stereocenters. The van der Waals surface area contributed by atoms with E-state index in [2.05, 4.69) is 20.3 Å². The summed E-state index contributed by atoms with van der Waals surface area (Å²) in [6.45, 7) is 1.59.